The number of halogens is 2. The number of amides is 1. The topological polar surface area (TPSA) is 66.5 Å². The molecule has 0 bridgehead atoms. The van der Waals surface area contributed by atoms with Gasteiger partial charge in [-0.2, -0.15) is 0 Å². The maximum Gasteiger partial charge on any atom is 0.248 e. The molecule has 1 unspecified atom stereocenters. The van der Waals surface area contributed by atoms with E-state index in [0.717, 1.165) is 15.0 Å². The van der Waals surface area contributed by atoms with Crippen LogP contribution in [0.4, 0.5) is 11.4 Å². The monoisotopic (exact) mass is 444 g/mol. The number of sulfonamides is 1. The molecule has 0 aliphatic carbocycles. The predicted octanol–water partition coefficient (Wildman–Crippen LogP) is 4.29. The van der Waals surface area contributed by atoms with Gasteiger partial charge in [-0.05, 0) is 55.0 Å². The molecule has 1 N–H and O–H groups in total. The van der Waals surface area contributed by atoms with Crippen LogP contribution in [0.2, 0.25) is 5.02 Å². The maximum absolute atomic E-state index is 12.7. The molecule has 0 aromatic heterocycles. The first-order chi connectivity index (χ1) is 11.7. The SMILES string of the molecule is CCC(C(=O)Nc1ccc(Br)cc1)N(c1ccc(Cl)cc1)S(C)(=O)=O. The Kier molecular flexibility index (Phi) is 6.48. The van der Waals surface area contributed by atoms with E-state index in [1.54, 1.807) is 55.5 Å². The summed E-state index contributed by atoms with van der Waals surface area (Å²) in [6, 6.07) is 12.5. The Morgan fingerprint density at radius 1 is 1.16 bits per heavy atom. The molecule has 2 aromatic carbocycles. The van der Waals surface area contributed by atoms with Gasteiger partial charge in [-0.15, -0.1) is 0 Å². The average Bonchev–Trinajstić information content (AvgIpc) is 2.54. The Morgan fingerprint density at radius 3 is 2.20 bits per heavy atom. The fourth-order valence-corrected chi connectivity index (χ4v) is 4.01. The Morgan fingerprint density at radius 2 is 1.72 bits per heavy atom. The number of nitrogens with zero attached hydrogens (tertiary/aromatic N) is 1. The lowest BCUT2D eigenvalue weighted by Crippen LogP contribution is -2.46. The largest absolute Gasteiger partial charge is 0.324 e. The summed E-state index contributed by atoms with van der Waals surface area (Å²) in [5, 5.41) is 3.25. The number of anilines is 2. The van der Waals surface area contributed by atoms with Crippen LogP contribution in [0.1, 0.15) is 13.3 Å². The van der Waals surface area contributed by atoms with Gasteiger partial charge in [0.2, 0.25) is 15.9 Å². The smallest absolute Gasteiger partial charge is 0.248 e. The van der Waals surface area contributed by atoms with Crippen LogP contribution >= 0.6 is 27.5 Å². The number of nitrogens with one attached hydrogen (secondary N) is 1. The van der Waals surface area contributed by atoms with Crippen LogP contribution in [0.3, 0.4) is 0 Å². The highest BCUT2D eigenvalue weighted by Gasteiger charge is 2.31. The van der Waals surface area contributed by atoms with E-state index in [0.29, 0.717) is 22.8 Å². The first kappa shape index (κ1) is 19.8. The maximum atomic E-state index is 12.7. The number of hydrogen-bond acceptors (Lipinski definition) is 3. The van der Waals surface area contributed by atoms with Crippen LogP contribution < -0.4 is 9.62 Å². The molecule has 8 heteroatoms. The normalized spacial score (nSPS) is 12.5. The summed E-state index contributed by atoms with van der Waals surface area (Å²) in [5.41, 5.74) is 0.987. The fourth-order valence-electron chi connectivity index (χ4n) is 2.41. The summed E-state index contributed by atoms with van der Waals surface area (Å²) in [6.45, 7) is 1.76. The Balaban J connectivity index is 2.34. The van der Waals surface area contributed by atoms with Crippen molar-refractivity contribution >= 4 is 54.8 Å². The molecule has 0 radical (unpaired) electrons. The highest BCUT2D eigenvalue weighted by Crippen LogP contribution is 2.25. The Hall–Kier alpha value is -1.57. The standard InChI is InChI=1S/C17H18BrClN2O3S/c1-3-16(17(22)20-14-8-4-12(18)5-9-14)21(25(2,23)24)15-10-6-13(19)7-11-15/h4-11,16H,3H2,1-2H3,(H,20,22). The van der Waals surface area contributed by atoms with Gasteiger partial charge in [0.15, 0.2) is 0 Å². The zero-order chi connectivity index (χ0) is 18.6. The van der Waals surface area contributed by atoms with Crippen LogP contribution in [0.25, 0.3) is 0 Å². The molecule has 0 aliphatic heterocycles. The molecular formula is C17H18BrClN2O3S. The minimum Gasteiger partial charge on any atom is -0.324 e. The minimum absolute atomic E-state index is 0.318. The average molecular weight is 446 g/mol. The zero-order valence-corrected chi connectivity index (χ0v) is 16.9. The number of hydrogen-bond donors (Lipinski definition) is 1. The van der Waals surface area contributed by atoms with Gasteiger partial charge in [0.25, 0.3) is 0 Å². The molecule has 0 saturated heterocycles. The van der Waals surface area contributed by atoms with Crippen molar-refractivity contribution in [1.82, 2.24) is 0 Å². The van der Waals surface area contributed by atoms with E-state index in [-0.39, 0.29) is 0 Å². The molecule has 2 aromatic rings. The molecule has 25 heavy (non-hydrogen) atoms. The first-order valence-corrected chi connectivity index (χ1v) is 10.6. The van der Waals surface area contributed by atoms with E-state index < -0.39 is 22.0 Å². The van der Waals surface area contributed by atoms with Gasteiger partial charge in [0.05, 0.1) is 11.9 Å². The van der Waals surface area contributed by atoms with Crippen LogP contribution in [0.15, 0.2) is 53.0 Å². The summed E-state index contributed by atoms with van der Waals surface area (Å²) in [6.07, 6.45) is 1.40. The van der Waals surface area contributed by atoms with Crippen molar-refractivity contribution < 1.29 is 13.2 Å². The molecule has 0 heterocycles. The molecule has 0 aliphatic rings. The van der Waals surface area contributed by atoms with E-state index in [4.69, 9.17) is 11.6 Å². The summed E-state index contributed by atoms with van der Waals surface area (Å²) in [4.78, 5) is 12.7. The molecule has 1 amide bonds. The van der Waals surface area contributed by atoms with E-state index in [1.807, 2.05) is 0 Å². The third-order valence-electron chi connectivity index (χ3n) is 3.52. The lowest BCUT2D eigenvalue weighted by Gasteiger charge is -2.30. The van der Waals surface area contributed by atoms with E-state index in [1.165, 1.54) is 0 Å². The third-order valence-corrected chi connectivity index (χ3v) is 5.48. The van der Waals surface area contributed by atoms with Gasteiger partial charge in [0.1, 0.15) is 6.04 Å². The third kappa shape index (κ3) is 5.20. The molecule has 134 valence electrons. The molecule has 0 saturated carbocycles. The number of carbonyl (C=O) groups excluding carboxylic acids is 1. The second-order valence-electron chi connectivity index (χ2n) is 5.46. The minimum atomic E-state index is -3.66. The molecule has 2 rings (SSSR count). The first-order valence-electron chi connectivity index (χ1n) is 7.53. The molecule has 5 nitrogen and oxygen atoms in total. The van der Waals surface area contributed by atoms with Crippen LogP contribution in [-0.4, -0.2) is 26.6 Å². The summed E-state index contributed by atoms with van der Waals surface area (Å²) in [7, 11) is -3.66. The van der Waals surface area contributed by atoms with E-state index >= 15 is 0 Å². The Labute approximate surface area is 161 Å². The summed E-state index contributed by atoms with van der Waals surface area (Å²) in [5.74, 6) is -0.398. The lowest BCUT2D eigenvalue weighted by molar-refractivity contribution is -0.117. The van der Waals surface area contributed by atoms with Crippen molar-refractivity contribution in [3.63, 3.8) is 0 Å². The fraction of sp³-hybridized carbons (Fsp3) is 0.235. The summed E-state index contributed by atoms with van der Waals surface area (Å²) < 4.78 is 26.7. The summed E-state index contributed by atoms with van der Waals surface area (Å²) >= 11 is 9.20. The molecule has 0 spiro atoms. The second-order valence-corrected chi connectivity index (χ2v) is 8.67. The molecular weight excluding hydrogens is 428 g/mol. The Bertz CT molecular complexity index is 839. The van der Waals surface area contributed by atoms with Gasteiger partial charge in [-0.3, -0.25) is 9.10 Å². The lowest BCUT2D eigenvalue weighted by atomic mass is 10.2. The van der Waals surface area contributed by atoms with Gasteiger partial charge in [0, 0.05) is 15.2 Å². The number of rotatable bonds is 6. The van der Waals surface area contributed by atoms with Crippen molar-refractivity contribution in [2.75, 3.05) is 15.9 Å². The van der Waals surface area contributed by atoms with Gasteiger partial charge >= 0.3 is 0 Å². The van der Waals surface area contributed by atoms with Crippen molar-refractivity contribution in [2.24, 2.45) is 0 Å². The second kappa shape index (κ2) is 8.21. The van der Waals surface area contributed by atoms with Gasteiger partial charge in [-0.25, -0.2) is 8.42 Å². The highest BCUT2D eigenvalue weighted by atomic mass is 79.9. The van der Waals surface area contributed by atoms with Crippen molar-refractivity contribution in [1.29, 1.82) is 0 Å². The van der Waals surface area contributed by atoms with Crippen LogP contribution in [0.5, 0.6) is 0 Å². The van der Waals surface area contributed by atoms with Gasteiger partial charge in [-0.1, -0.05) is 34.5 Å². The highest BCUT2D eigenvalue weighted by molar-refractivity contribution is 9.10. The van der Waals surface area contributed by atoms with Gasteiger partial charge < -0.3 is 5.32 Å². The van der Waals surface area contributed by atoms with Crippen molar-refractivity contribution in [3.8, 4) is 0 Å². The number of carbonyl (C=O) groups is 1. The number of benzene rings is 2. The van der Waals surface area contributed by atoms with Crippen LogP contribution in [0, 0.1) is 0 Å². The van der Waals surface area contributed by atoms with E-state index in [2.05, 4.69) is 21.2 Å². The molecule has 1 atom stereocenters. The predicted molar refractivity (Wildman–Crippen MR) is 106 cm³/mol. The van der Waals surface area contributed by atoms with E-state index in [9.17, 15) is 13.2 Å². The quantitative estimate of drug-likeness (QED) is 0.721. The van der Waals surface area contributed by atoms with Crippen molar-refractivity contribution in [2.45, 2.75) is 19.4 Å². The van der Waals surface area contributed by atoms with Crippen molar-refractivity contribution in [3.05, 3.63) is 58.0 Å². The molecule has 0 fully saturated rings. The zero-order valence-electron chi connectivity index (χ0n) is 13.7. The van der Waals surface area contributed by atoms with Crippen LogP contribution in [-0.2, 0) is 14.8 Å².